The van der Waals surface area contributed by atoms with Crippen molar-refractivity contribution in [3.63, 3.8) is 0 Å². The van der Waals surface area contributed by atoms with Crippen LogP contribution in [0.1, 0.15) is 69.5 Å². The van der Waals surface area contributed by atoms with E-state index >= 15 is 0 Å². The van der Waals surface area contributed by atoms with E-state index in [-0.39, 0.29) is 0 Å². The summed E-state index contributed by atoms with van der Waals surface area (Å²) in [7, 11) is 0. The number of aromatic nitrogens is 2. The van der Waals surface area contributed by atoms with Gasteiger partial charge in [0.2, 0.25) is 0 Å². The van der Waals surface area contributed by atoms with Gasteiger partial charge < -0.3 is 10.4 Å². The first-order valence-corrected chi connectivity index (χ1v) is 8.26. The maximum Gasteiger partial charge on any atom is 0.0762 e. The largest absolute Gasteiger partial charge is 0.396 e. The summed E-state index contributed by atoms with van der Waals surface area (Å²) >= 11 is 0. The highest BCUT2D eigenvalue weighted by atomic mass is 16.2. The van der Waals surface area contributed by atoms with Crippen molar-refractivity contribution < 1.29 is 5.11 Å². The third kappa shape index (κ3) is 5.25. The third-order valence-electron chi connectivity index (χ3n) is 4.18. The molecule has 0 radical (unpaired) electrons. The van der Waals surface area contributed by atoms with Crippen molar-refractivity contribution in [3.05, 3.63) is 18.0 Å². The van der Waals surface area contributed by atoms with Gasteiger partial charge in [-0.25, -0.2) is 0 Å². The molecule has 2 N–H and O–H groups in total. The molecule has 0 saturated heterocycles. The zero-order chi connectivity index (χ0) is 14.0. The van der Waals surface area contributed by atoms with Crippen LogP contribution in [-0.2, 0) is 6.54 Å². The molecule has 20 heavy (non-hydrogen) atoms. The SMILES string of the molecule is OCCCCCCNCc1ccn(C2CCCCC2)n1. The molecular weight excluding hydrogens is 250 g/mol. The zero-order valence-electron chi connectivity index (χ0n) is 12.6. The average Bonchev–Trinajstić information content (AvgIpc) is 2.96. The van der Waals surface area contributed by atoms with Gasteiger partial charge in [0.25, 0.3) is 0 Å². The Morgan fingerprint density at radius 3 is 2.75 bits per heavy atom. The van der Waals surface area contributed by atoms with Gasteiger partial charge >= 0.3 is 0 Å². The van der Waals surface area contributed by atoms with Gasteiger partial charge in [0.1, 0.15) is 0 Å². The van der Waals surface area contributed by atoms with Gasteiger partial charge in [-0.2, -0.15) is 5.10 Å². The number of hydrogen-bond donors (Lipinski definition) is 2. The number of unbranched alkanes of at least 4 members (excludes halogenated alkanes) is 3. The summed E-state index contributed by atoms with van der Waals surface area (Å²) in [5, 5.41) is 16.9. The van der Waals surface area contributed by atoms with Crippen molar-refractivity contribution in [2.75, 3.05) is 13.2 Å². The number of nitrogens with one attached hydrogen (secondary N) is 1. The predicted octanol–water partition coefficient (Wildman–Crippen LogP) is 3.03. The fourth-order valence-electron chi connectivity index (χ4n) is 2.95. The lowest BCUT2D eigenvalue weighted by molar-refractivity contribution is 0.282. The smallest absolute Gasteiger partial charge is 0.0762 e. The van der Waals surface area contributed by atoms with Crippen molar-refractivity contribution >= 4 is 0 Å². The average molecular weight is 279 g/mol. The molecule has 2 rings (SSSR count). The molecule has 1 aliphatic carbocycles. The van der Waals surface area contributed by atoms with E-state index in [2.05, 4.69) is 22.3 Å². The molecule has 4 heteroatoms. The molecule has 1 aliphatic rings. The van der Waals surface area contributed by atoms with Gasteiger partial charge in [-0.15, -0.1) is 0 Å². The van der Waals surface area contributed by atoms with Crippen molar-refractivity contribution in [2.45, 2.75) is 70.4 Å². The Bertz CT molecular complexity index is 358. The second kappa shape index (κ2) is 9.14. The van der Waals surface area contributed by atoms with Crippen LogP contribution in [0.3, 0.4) is 0 Å². The Kier molecular flexibility index (Phi) is 7.09. The summed E-state index contributed by atoms with van der Waals surface area (Å²) < 4.78 is 2.18. The Morgan fingerprint density at radius 1 is 1.15 bits per heavy atom. The maximum absolute atomic E-state index is 8.70. The molecular formula is C16H29N3O. The van der Waals surface area contributed by atoms with Crippen LogP contribution >= 0.6 is 0 Å². The number of aliphatic hydroxyl groups is 1. The summed E-state index contributed by atoms with van der Waals surface area (Å²) in [6, 6.07) is 2.78. The fourth-order valence-corrected chi connectivity index (χ4v) is 2.95. The Balaban J connectivity index is 1.60. The van der Waals surface area contributed by atoms with E-state index in [0.717, 1.165) is 31.6 Å². The minimum atomic E-state index is 0.325. The molecule has 0 unspecified atom stereocenters. The minimum Gasteiger partial charge on any atom is -0.396 e. The van der Waals surface area contributed by atoms with Crippen LogP contribution < -0.4 is 5.32 Å². The second-order valence-corrected chi connectivity index (χ2v) is 5.89. The molecule has 0 aliphatic heterocycles. The van der Waals surface area contributed by atoms with Crippen LogP contribution in [0.15, 0.2) is 12.3 Å². The van der Waals surface area contributed by atoms with Crippen molar-refractivity contribution in [3.8, 4) is 0 Å². The molecule has 0 aromatic carbocycles. The van der Waals surface area contributed by atoms with Crippen LogP contribution in [0, 0.1) is 0 Å². The van der Waals surface area contributed by atoms with Gasteiger partial charge in [-0.3, -0.25) is 4.68 Å². The molecule has 1 aromatic rings. The number of nitrogens with zero attached hydrogens (tertiary/aromatic N) is 2. The van der Waals surface area contributed by atoms with E-state index in [1.165, 1.54) is 44.9 Å². The van der Waals surface area contributed by atoms with Crippen molar-refractivity contribution in [1.82, 2.24) is 15.1 Å². The van der Waals surface area contributed by atoms with E-state index in [0.29, 0.717) is 12.6 Å². The highest BCUT2D eigenvalue weighted by Gasteiger charge is 2.15. The normalized spacial score (nSPS) is 16.6. The molecule has 1 saturated carbocycles. The molecule has 1 fully saturated rings. The molecule has 4 nitrogen and oxygen atoms in total. The van der Waals surface area contributed by atoms with Crippen LogP contribution in [-0.4, -0.2) is 28.0 Å². The quantitative estimate of drug-likeness (QED) is 0.683. The lowest BCUT2D eigenvalue weighted by atomic mass is 9.96. The predicted molar refractivity (Wildman–Crippen MR) is 81.6 cm³/mol. The van der Waals surface area contributed by atoms with Gasteiger partial charge in [0.05, 0.1) is 11.7 Å². The van der Waals surface area contributed by atoms with Crippen LogP contribution in [0.4, 0.5) is 0 Å². The Hall–Kier alpha value is -0.870. The van der Waals surface area contributed by atoms with E-state index in [1.807, 2.05) is 0 Å². The highest BCUT2D eigenvalue weighted by Crippen LogP contribution is 2.27. The van der Waals surface area contributed by atoms with E-state index in [4.69, 9.17) is 10.2 Å². The maximum atomic E-state index is 8.70. The molecule has 0 spiro atoms. The van der Waals surface area contributed by atoms with Gasteiger partial charge in [-0.05, 0) is 38.3 Å². The van der Waals surface area contributed by atoms with Crippen LogP contribution in [0.25, 0.3) is 0 Å². The summed E-state index contributed by atoms with van der Waals surface area (Å²) in [5.74, 6) is 0. The molecule has 1 heterocycles. The second-order valence-electron chi connectivity index (χ2n) is 5.89. The molecule has 0 atom stereocenters. The highest BCUT2D eigenvalue weighted by molar-refractivity contribution is 4.99. The van der Waals surface area contributed by atoms with Crippen LogP contribution in [0.2, 0.25) is 0 Å². The first-order valence-electron chi connectivity index (χ1n) is 8.26. The van der Waals surface area contributed by atoms with E-state index in [1.54, 1.807) is 0 Å². The van der Waals surface area contributed by atoms with Crippen LogP contribution in [0.5, 0.6) is 0 Å². The number of rotatable bonds is 9. The minimum absolute atomic E-state index is 0.325. The summed E-state index contributed by atoms with van der Waals surface area (Å²) in [4.78, 5) is 0. The standard InChI is InChI=1S/C16H29N3O/c20-13-7-2-1-6-11-17-14-15-10-12-19(18-15)16-8-4-3-5-9-16/h10,12,16-17,20H,1-9,11,13-14H2. The lowest BCUT2D eigenvalue weighted by Crippen LogP contribution is -2.17. The number of hydrogen-bond acceptors (Lipinski definition) is 3. The van der Waals surface area contributed by atoms with Gasteiger partial charge in [0, 0.05) is 19.3 Å². The first-order chi connectivity index (χ1) is 9.90. The Labute approximate surface area is 122 Å². The third-order valence-corrected chi connectivity index (χ3v) is 4.18. The van der Waals surface area contributed by atoms with Crippen molar-refractivity contribution in [1.29, 1.82) is 0 Å². The molecule has 0 amide bonds. The molecule has 1 aromatic heterocycles. The molecule has 114 valence electrons. The summed E-state index contributed by atoms with van der Waals surface area (Å²) in [6.45, 7) is 2.24. The summed E-state index contributed by atoms with van der Waals surface area (Å²) in [5.41, 5.74) is 1.16. The monoisotopic (exact) mass is 279 g/mol. The van der Waals surface area contributed by atoms with E-state index < -0.39 is 0 Å². The zero-order valence-corrected chi connectivity index (χ0v) is 12.6. The number of aliphatic hydroxyl groups excluding tert-OH is 1. The molecule has 0 bridgehead atoms. The lowest BCUT2D eigenvalue weighted by Gasteiger charge is -2.21. The van der Waals surface area contributed by atoms with Crippen molar-refractivity contribution in [2.24, 2.45) is 0 Å². The Morgan fingerprint density at radius 2 is 1.95 bits per heavy atom. The van der Waals surface area contributed by atoms with Gasteiger partial charge in [0.15, 0.2) is 0 Å². The van der Waals surface area contributed by atoms with Gasteiger partial charge in [-0.1, -0.05) is 32.1 Å². The topological polar surface area (TPSA) is 50.1 Å². The fraction of sp³-hybridized carbons (Fsp3) is 0.812. The first kappa shape index (κ1) is 15.5. The summed E-state index contributed by atoms with van der Waals surface area (Å²) in [6.07, 6.45) is 13.3. The van der Waals surface area contributed by atoms with E-state index in [9.17, 15) is 0 Å².